The second-order valence-electron chi connectivity index (χ2n) is 12.0. The molecule has 2 aliphatic heterocycles. The third kappa shape index (κ3) is 4.36. The van der Waals surface area contributed by atoms with Gasteiger partial charge in [0.1, 0.15) is 11.5 Å². The van der Waals surface area contributed by atoms with Gasteiger partial charge in [-0.15, -0.1) is 0 Å². The first-order valence-electron chi connectivity index (χ1n) is 12.1. The van der Waals surface area contributed by atoms with Gasteiger partial charge in [-0.1, -0.05) is 66.7 Å². The van der Waals surface area contributed by atoms with Crippen LogP contribution < -0.4 is 5.32 Å². The van der Waals surface area contributed by atoms with Crippen molar-refractivity contribution in [1.29, 1.82) is 5.26 Å². The van der Waals surface area contributed by atoms with E-state index in [0.29, 0.717) is 17.4 Å². The zero-order chi connectivity index (χ0) is 24.9. The van der Waals surface area contributed by atoms with Gasteiger partial charge in [0, 0.05) is 23.4 Å². The summed E-state index contributed by atoms with van der Waals surface area (Å²) < 4.78 is 6.20. The molecule has 0 bridgehead atoms. The van der Waals surface area contributed by atoms with Crippen molar-refractivity contribution in [1.82, 2.24) is 5.32 Å². The molecular formula is C30H35N3O. The van der Waals surface area contributed by atoms with E-state index in [2.05, 4.69) is 76.8 Å². The van der Waals surface area contributed by atoms with E-state index in [9.17, 15) is 5.26 Å². The molecule has 4 nitrogen and oxygen atoms in total. The summed E-state index contributed by atoms with van der Waals surface area (Å²) in [5.74, 6) is 1.39. The fourth-order valence-electron chi connectivity index (χ4n) is 5.17. The van der Waals surface area contributed by atoms with E-state index < -0.39 is 0 Å². The molecule has 0 fully saturated rings. The Balaban J connectivity index is 1.79. The minimum atomic E-state index is -0.243. The van der Waals surface area contributed by atoms with E-state index in [1.807, 2.05) is 18.2 Å². The fourth-order valence-corrected chi connectivity index (χ4v) is 5.17. The van der Waals surface area contributed by atoms with Crippen LogP contribution in [0.1, 0.15) is 89.6 Å². The van der Waals surface area contributed by atoms with Crippen molar-refractivity contribution < 1.29 is 4.74 Å². The molecule has 1 unspecified atom stereocenters. The standard InChI is InChI=1S/C30H35N3O/c1-28(2,3)26-16-20(25(17-31)32-8)15-21(34-26)10-9-19-13-22-27-23(14-19)30(6,7)18-33-24(27)11-12-29(22,4)5/h9-10,13-16,24,33H,11-12,18H2,1-7H3/b10-9+,25-20-. The van der Waals surface area contributed by atoms with Gasteiger partial charge >= 0.3 is 0 Å². The van der Waals surface area contributed by atoms with Crippen molar-refractivity contribution in [3.05, 3.63) is 86.8 Å². The first kappa shape index (κ1) is 24.1. The number of benzene rings is 1. The highest BCUT2D eigenvalue weighted by Crippen LogP contribution is 2.48. The third-order valence-electron chi connectivity index (χ3n) is 7.34. The van der Waals surface area contributed by atoms with Crippen LogP contribution in [-0.4, -0.2) is 6.54 Å². The quantitative estimate of drug-likeness (QED) is 0.379. The molecule has 1 N–H and O–H groups in total. The molecule has 1 aromatic rings. The normalized spacial score (nSPS) is 24.2. The Bertz CT molecular complexity index is 1180. The summed E-state index contributed by atoms with van der Waals surface area (Å²) in [6.07, 6.45) is 10.0. The molecule has 0 saturated heterocycles. The second kappa shape index (κ2) is 8.30. The summed E-state index contributed by atoms with van der Waals surface area (Å²) in [6.45, 7) is 23.9. The van der Waals surface area contributed by atoms with Crippen LogP contribution in [0.25, 0.3) is 10.9 Å². The Morgan fingerprint density at radius 2 is 1.82 bits per heavy atom. The summed E-state index contributed by atoms with van der Waals surface area (Å²) >= 11 is 0. The van der Waals surface area contributed by atoms with Crippen LogP contribution in [0.4, 0.5) is 0 Å². The zero-order valence-electron chi connectivity index (χ0n) is 21.5. The largest absolute Gasteiger partial charge is 0.461 e. The summed E-state index contributed by atoms with van der Waals surface area (Å²) in [6, 6.07) is 7.14. The van der Waals surface area contributed by atoms with Gasteiger partial charge in [0.15, 0.2) is 0 Å². The minimum absolute atomic E-state index is 0.0633. The topological polar surface area (TPSA) is 49.4 Å². The molecule has 4 heteroatoms. The van der Waals surface area contributed by atoms with Crippen molar-refractivity contribution in [2.75, 3.05) is 6.54 Å². The summed E-state index contributed by atoms with van der Waals surface area (Å²) in [5.41, 5.74) is 6.17. The molecule has 0 radical (unpaired) electrons. The average Bonchev–Trinajstić information content (AvgIpc) is 2.76. The second-order valence-corrected chi connectivity index (χ2v) is 12.0. The van der Waals surface area contributed by atoms with E-state index in [1.165, 1.54) is 29.5 Å². The lowest BCUT2D eigenvalue weighted by atomic mass is 9.64. The minimum Gasteiger partial charge on any atom is -0.461 e. The molecule has 0 amide bonds. The highest BCUT2D eigenvalue weighted by Gasteiger charge is 2.40. The van der Waals surface area contributed by atoms with Gasteiger partial charge in [-0.25, -0.2) is 10.1 Å². The van der Waals surface area contributed by atoms with Crippen LogP contribution in [0.2, 0.25) is 0 Å². The van der Waals surface area contributed by atoms with Crippen LogP contribution in [-0.2, 0) is 15.6 Å². The van der Waals surface area contributed by atoms with E-state index in [-0.39, 0.29) is 21.9 Å². The van der Waals surface area contributed by atoms with Crippen molar-refractivity contribution in [3.63, 3.8) is 0 Å². The number of hydrogen-bond acceptors (Lipinski definition) is 3. The zero-order valence-corrected chi connectivity index (χ0v) is 21.5. The molecular weight excluding hydrogens is 418 g/mol. The Hall–Kier alpha value is -3.08. The lowest BCUT2D eigenvalue weighted by molar-refractivity contribution is 0.223. The van der Waals surface area contributed by atoms with Crippen molar-refractivity contribution >= 4 is 6.08 Å². The Morgan fingerprint density at radius 3 is 2.44 bits per heavy atom. The summed E-state index contributed by atoms with van der Waals surface area (Å²) in [5, 5.41) is 13.2. The number of nitriles is 1. The van der Waals surface area contributed by atoms with Gasteiger partial charge in [-0.3, -0.25) is 0 Å². The van der Waals surface area contributed by atoms with Crippen molar-refractivity contribution in [2.24, 2.45) is 5.41 Å². The molecule has 3 aliphatic rings. The van der Waals surface area contributed by atoms with E-state index in [1.54, 1.807) is 6.08 Å². The maximum atomic E-state index is 9.41. The van der Waals surface area contributed by atoms with Gasteiger partial charge in [0.25, 0.3) is 5.70 Å². The summed E-state index contributed by atoms with van der Waals surface area (Å²) in [7, 11) is 0. The van der Waals surface area contributed by atoms with Crippen molar-refractivity contribution in [3.8, 4) is 6.07 Å². The van der Waals surface area contributed by atoms with E-state index in [0.717, 1.165) is 17.9 Å². The first-order valence-corrected chi connectivity index (χ1v) is 12.1. The molecule has 0 aromatic heterocycles. The predicted molar refractivity (Wildman–Crippen MR) is 137 cm³/mol. The maximum absolute atomic E-state index is 9.41. The van der Waals surface area contributed by atoms with Crippen LogP contribution in [0.3, 0.4) is 0 Å². The smallest absolute Gasteiger partial charge is 0.269 e. The maximum Gasteiger partial charge on any atom is 0.269 e. The van der Waals surface area contributed by atoms with Crippen molar-refractivity contribution in [2.45, 2.75) is 78.2 Å². The molecule has 1 aliphatic carbocycles. The van der Waals surface area contributed by atoms with Gasteiger partial charge in [0.2, 0.25) is 0 Å². The number of ether oxygens (including phenoxy) is 1. The highest BCUT2D eigenvalue weighted by atomic mass is 16.5. The fraction of sp³-hybridized carbons (Fsp3) is 0.467. The number of hydrogen-bond donors (Lipinski definition) is 1. The lowest BCUT2D eigenvalue weighted by Crippen LogP contribution is -2.45. The first-order chi connectivity index (χ1) is 15.9. The Morgan fingerprint density at radius 1 is 1.15 bits per heavy atom. The number of rotatable bonds is 2. The number of nitrogens with zero attached hydrogens (tertiary/aromatic N) is 2. The van der Waals surface area contributed by atoms with Gasteiger partial charge in [-0.05, 0) is 64.3 Å². The van der Waals surface area contributed by atoms with Gasteiger partial charge in [-0.2, -0.15) is 0 Å². The van der Waals surface area contributed by atoms with Gasteiger partial charge < -0.3 is 10.1 Å². The molecule has 1 aromatic carbocycles. The summed E-state index contributed by atoms with van der Waals surface area (Å²) in [4.78, 5) is 3.41. The van der Waals surface area contributed by atoms with Gasteiger partial charge in [0.05, 0.1) is 12.6 Å². The predicted octanol–water partition coefficient (Wildman–Crippen LogP) is 7.23. The van der Waals surface area contributed by atoms with E-state index >= 15 is 0 Å². The Labute approximate surface area is 204 Å². The average molecular weight is 454 g/mol. The van der Waals surface area contributed by atoms with Crippen LogP contribution in [0, 0.1) is 23.3 Å². The number of nitrogens with one attached hydrogen (secondary N) is 1. The highest BCUT2D eigenvalue weighted by molar-refractivity contribution is 5.62. The van der Waals surface area contributed by atoms with Crippen LogP contribution in [0.5, 0.6) is 0 Å². The SMILES string of the molecule is [C-]#[N+]/C(C#N)=C1C=C(/C=C/c2cc3c4c(c2)C(C)(C)CNC4CCC3(C)C)OC(C(C)(C)C)=C/1. The number of allylic oxidation sites excluding steroid dienone is 6. The molecule has 2 heterocycles. The monoisotopic (exact) mass is 453 g/mol. The molecule has 4 rings (SSSR count). The molecule has 0 spiro atoms. The van der Waals surface area contributed by atoms with Crippen LogP contribution in [0.15, 0.2) is 53.1 Å². The molecule has 34 heavy (non-hydrogen) atoms. The molecule has 176 valence electrons. The van der Waals surface area contributed by atoms with Crippen LogP contribution >= 0.6 is 0 Å². The van der Waals surface area contributed by atoms with E-state index in [4.69, 9.17) is 11.3 Å². The third-order valence-corrected chi connectivity index (χ3v) is 7.34. The lowest BCUT2D eigenvalue weighted by Gasteiger charge is -2.46. The molecule has 1 atom stereocenters. The molecule has 0 saturated carbocycles. The Kier molecular flexibility index (Phi) is 5.87.